The van der Waals surface area contributed by atoms with E-state index in [2.05, 4.69) is 10.1 Å². The van der Waals surface area contributed by atoms with Crippen LogP contribution in [0.4, 0.5) is 0 Å². The number of aliphatic hydroxyl groups is 1. The lowest BCUT2D eigenvalue weighted by Crippen LogP contribution is -1.97. The van der Waals surface area contributed by atoms with Crippen LogP contribution in [0.25, 0.3) is 10.6 Å². The van der Waals surface area contributed by atoms with Gasteiger partial charge < -0.3 is 14.2 Å². The number of thioether (sulfide) groups is 1. The fourth-order valence-corrected chi connectivity index (χ4v) is 3.28. The summed E-state index contributed by atoms with van der Waals surface area (Å²) in [5.41, 5.74) is 1.68. The lowest BCUT2D eigenvalue weighted by atomic mass is 10.3. The van der Waals surface area contributed by atoms with Crippen LogP contribution in [0, 0.1) is 0 Å². The van der Waals surface area contributed by atoms with E-state index in [1.54, 1.807) is 29.3 Å². The lowest BCUT2D eigenvalue weighted by molar-refractivity contribution is 0.271. The van der Waals surface area contributed by atoms with E-state index in [9.17, 15) is 0 Å². The minimum atomic E-state index is -0.00343. The van der Waals surface area contributed by atoms with E-state index in [4.69, 9.17) is 9.63 Å². The molecule has 3 rings (SSSR count). The molecule has 0 saturated carbocycles. The first-order valence-electron chi connectivity index (χ1n) is 6.01. The molecule has 104 valence electrons. The molecule has 3 aromatic rings. The van der Waals surface area contributed by atoms with Crippen LogP contribution < -0.4 is 0 Å². The van der Waals surface area contributed by atoms with Gasteiger partial charge in [0.25, 0.3) is 0 Å². The van der Waals surface area contributed by atoms with E-state index in [0.717, 1.165) is 27.2 Å². The lowest BCUT2D eigenvalue weighted by Gasteiger charge is -2.01. The second kappa shape index (κ2) is 5.82. The van der Waals surface area contributed by atoms with Gasteiger partial charge >= 0.3 is 0 Å². The highest BCUT2D eigenvalue weighted by atomic mass is 32.2. The smallest absolute Gasteiger partial charge is 0.177 e. The van der Waals surface area contributed by atoms with Crippen LogP contribution in [0.3, 0.4) is 0 Å². The van der Waals surface area contributed by atoms with Gasteiger partial charge in [-0.3, -0.25) is 0 Å². The topological polar surface area (TPSA) is 64.1 Å². The van der Waals surface area contributed by atoms with Gasteiger partial charge in [0.15, 0.2) is 10.9 Å². The largest absolute Gasteiger partial charge is 0.390 e. The normalized spacial score (nSPS) is 11.1. The molecule has 0 spiro atoms. The summed E-state index contributed by atoms with van der Waals surface area (Å²) < 4.78 is 7.21. The highest BCUT2D eigenvalue weighted by molar-refractivity contribution is 7.98. The Balaban J connectivity index is 1.68. The molecule has 0 unspecified atom stereocenters. The third kappa shape index (κ3) is 2.65. The summed E-state index contributed by atoms with van der Waals surface area (Å²) in [6.45, 7) is -0.00343. The fourth-order valence-electron chi connectivity index (χ4n) is 1.76. The highest BCUT2D eigenvalue weighted by Gasteiger charge is 2.10. The fraction of sp³-hybridized carbons (Fsp3) is 0.231. The van der Waals surface area contributed by atoms with Crippen LogP contribution in [-0.2, 0) is 19.4 Å². The van der Waals surface area contributed by atoms with Crippen molar-refractivity contribution in [3.63, 3.8) is 0 Å². The molecule has 3 aromatic heterocycles. The number of nitrogens with zero attached hydrogens (tertiary/aromatic N) is 3. The Morgan fingerprint density at radius 2 is 2.40 bits per heavy atom. The van der Waals surface area contributed by atoms with Gasteiger partial charge in [0.1, 0.15) is 0 Å². The van der Waals surface area contributed by atoms with Crippen LogP contribution in [-0.4, -0.2) is 19.8 Å². The molecule has 0 saturated heterocycles. The molecule has 7 heteroatoms. The van der Waals surface area contributed by atoms with Gasteiger partial charge in [0, 0.05) is 18.9 Å². The van der Waals surface area contributed by atoms with E-state index in [0.29, 0.717) is 5.75 Å². The van der Waals surface area contributed by atoms with Gasteiger partial charge in [-0.1, -0.05) is 23.0 Å². The summed E-state index contributed by atoms with van der Waals surface area (Å²) in [5, 5.41) is 16.1. The highest BCUT2D eigenvalue weighted by Crippen LogP contribution is 2.28. The van der Waals surface area contributed by atoms with E-state index in [-0.39, 0.29) is 6.61 Å². The van der Waals surface area contributed by atoms with Gasteiger partial charge in [-0.2, -0.15) is 0 Å². The zero-order chi connectivity index (χ0) is 13.9. The third-order valence-electron chi connectivity index (χ3n) is 2.88. The Hall–Kier alpha value is -1.57. The maximum absolute atomic E-state index is 9.13. The molecule has 3 heterocycles. The molecule has 0 aromatic carbocycles. The standard InChI is InChI=1S/C13H13N3O2S2/c1-16-10(7-17)6-14-13(16)20-8-9-5-11(18-15-9)12-3-2-4-19-12/h2-6,17H,7-8H2,1H3. The molecular weight excluding hydrogens is 294 g/mol. The van der Waals surface area contributed by atoms with Gasteiger partial charge in [0.05, 0.1) is 29.1 Å². The number of hydrogen-bond donors (Lipinski definition) is 1. The van der Waals surface area contributed by atoms with Crippen molar-refractivity contribution in [2.75, 3.05) is 0 Å². The van der Waals surface area contributed by atoms with Crippen LogP contribution in [0.5, 0.6) is 0 Å². The Morgan fingerprint density at radius 1 is 1.50 bits per heavy atom. The van der Waals surface area contributed by atoms with Crippen molar-refractivity contribution < 1.29 is 9.63 Å². The van der Waals surface area contributed by atoms with E-state index in [1.807, 2.05) is 35.2 Å². The Kier molecular flexibility index (Phi) is 3.90. The minimum Gasteiger partial charge on any atom is -0.390 e. The number of aromatic nitrogens is 3. The van der Waals surface area contributed by atoms with Crippen molar-refractivity contribution in [1.29, 1.82) is 0 Å². The molecular formula is C13H13N3O2S2. The zero-order valence-electron chi connectivity index (χ0n) is 10.8. The van der Waals surface area contributed by atoms with Crippen molar-refractivity contribution in [1.82, 2.24) is 14.7 Å². The van der Waals surface area contributed by atoms with Crippen molar-refractivity contribution in [2.24, 2.45) is 7.05 Å². The number of thiophene rings is 1. The quantitative estimate of drug-likeness (QED) is 0.734. The average molecular weight is 307 g/mol. The maximum atomic E-state index is 9.13. The monoisotopic (exact) mass is 307 g/mol. The van der Waals surface area contributed by atoms with Gasteiger partial charge in [0.2, 0.25) is 0 Å². The molecule has 20 heavy (non-hydrogen) atoms. The van der Waals surface area contributed by atoms with Crippen molar-refractivity contribution >= 4 is 23.1 Å². The Morgan fingerprint density at radius 3 is 3.10 bits per heavy atom. The van der Waals surface area contributed by atoms with Crippen LogP contribution in [0.2, 0.25) is 0 Å². The second-order valence-corrected chi connectivity index (χ2v) is 6.09. The zero-order valence-corrected chi connectivity index (χ0v) is 12.4. The summed E-state index contributed by atoms with van der Waals surface area (Å²) in [6, 6.07) is 5.95. The van der Waals surface area contributed by atoms with Crippen molar-refractivity contribution in [3.8, 4) is 10.6 Å². The molecule has 0 radical (unpaired) electrons. The van der Waals surface area contributed by atoms with E-state index < -0.39 is 0 Å². The molecule has 1 N–H and O–H groups in total. The van der Waals surface area contributed by atoms with Crippen LogP contribution >= 0.6 is 23.1 Å². The Labute approximate surface area is 124 Å². The third-order valence-corrected chi connectivity index (χ3v) is 4.84. The molecule has 5 nitrogen and oxygen atoms in total. The van der Waals surface area contributed by atoms with Gasteiger partial charge in [-0.15, -0.1) is 11.3 Å². The average Bonchev–Trinajstić information content (AvgIpc) is 3.17. The number of aliphatic hydroxyl groups excluding tert-OH is 1. The predicted molar refractivity (Wildman–Crippen MR) is 78.5 cm³/mol. The van der Waals surface area contributed by atoms with Crippen molar-refractivity contribution in [3.05, 3.63) is 41.2 Å². The first kappa shape index (κ1) is 13.4. The number of rotatable bonds is 5. The predicted octanol–water partition coefficient (Wildman–Crippen LogP) is 2.92. The second-order valence-electron chi connectivity index (χ2n) is 4.20. The molecule has 0 bridgehead atoms. The maximum Gasteiger partial charge on any atom is 0.177 e. The van der Waals surface area contributed by atoms with Crippen molar-refractivity contribution in [2.45, 2.75) is 17.5 Å². The van der Waals surface area contributed by atoms with Crippen LogP contribution in [0.1, 0.15) is 11.4 Å². The molecule has 0 atom stereocenters. The minimum absolute atomic E-state index is 0.00343. The Bertz CT molecular complexity index is 688. The SMILES string of the molecule is Cn1c(CO)cnc1SCc1cc(-c2cccs2)on1. The van der Waals surface area contributed by atoms with Crippen LogP contribution in [0.15, 0.2) is 39.5 Å². The molecule has 0 fully saturated rings. The van der Waals surface area contributed by atoms with E-state index >= 15 is 0 Å². The number of imidazole rings is 1. The summed E-state index contributed by atoms with van der Waals surface area (Å²) in [4.78, 5) is 5.35. The summed E-state index contributed by atoms with van der Waals surface area (Å²) >= 11 is 3.20. The van der Waals surface area contributed by atoms with E-state index in [1.165, 1.54) is 0 Å². The molecule has 0 aliphatic rings. The molecule has 0 amide bonds. The van der Waals surface area contributed by atoms with Gasteiger partial charge in [-0.25, -0.2) is 4.98 Å². The summed E-state index contributed by atoms with van der Waals surface area (Å²) in [7, 11) is 1.89. The first-order chi connectivity index (χ1) is 9.78. The molecule has 0 aliphatic carbocycles. The summed E-state index contributed by atoms with van der Waals surface area (Å²) in [6.07, 6.45) is 1.68. The van der Waals surface area contributed by atoms with Gasteiger partial charge in [-0.05, 0) is 11.4 Å². The first-order valence-corrected chi connectivity index (χ1v) is 7.88. The number of hydrogen-bond acceptors (Lipinski definition) is 6. The molecule has 0 aliphatic heterocycles. The summed E-state index contributed by atoms with van der Waals surface area (Å²) in [5.74, 6) is 1.48.